The first-order valence-corrected chi connectivity index (χ1v) is 7.42. The fourth-order valence-electron chi connectivity index (χ4n) is 2.36. The third kappa shape index (κ3) is 2.44. The smallest absolute Gasteiger partial charge is 0.134 e. The van der Waals surface area contributed by atoms with Crippen molar-refractivity contribution in [1.29, 1.82) is 0 Å². The predicted molar refractivity (Wildman–Crippen MR) is 80.5 cm³/mol. The lowest BCUT2D eigenvalue weighted by Gasteiger charge is -2.11. The molecule has 2 heterocycles. The summed E-state index contributed by atoms with van der Waals surface area (Å²) in [6, 6.07) is 10.6. The number of hydrogen-bond acceptors (Lipinski definition) is 3. The molecule has 3 heteroatoms. The standard InChI is InChI=1S/C16H17NOS/c1-11-14-5-3-4-6-15(14)18-16(11)12(2)17-9-13-7-8-19-10-13/h3-8,10,12,17H,9H2,1-2H3. The van der Waals surface area contributed by atoms with Gasteiger partial charge in [0, 0.05) is 11.9 Å². The fraction of sp³-hybridized carbons (Fsp3) is 0.250. The first kappa shape index (κ1) is 12.5. The Kier molecular flexibility index (Phi) is 3.40. The zero-order valence-corrected chi connectivity index (χ0v) is 12.0. The maximum atomic E-state index is 5.97. The highest BCUT2D eigenvalue weighted by Crippen LogP contribution is 2.29. The molecule has 0 aliphatic heterocycles. The van der Waals surface area contributed by atoms with Gasteiger partial charge in [-0.25, -0.2) is 0 Å². The van der Waals surface area contributed by atoms with Crippen LogP contribution in [0.5, 0.6) is 0 Å². The topological polar surface area (TPSA) is 25.2 Å². The van der Waals surface area contributed by atoms with E-state index in [-0.39, 0.29) is 6.04 Å². The molecule has 1 unspecified atom stereocenters. The van der Waals surface area contributed by atoms with Gasteiger partial charge in [-0.05, 0) is 47.9 Å². The second-order valence-electron chi connectivity index (χ2n) is 4.82. The van der Waals surface area contributed by atoms with Crippen LogP contribution in [-0.4, -0.2) is 0 Å². The quantitative estimate of drug-likeness (QED) is 0.747. The number of aryl methyl sites for hydroxylation is 1. The lowest BCUT2D eigenvalue weighted by atomic mass is 10.1. The van der Waals surface area contributed by atoms with Gasteiger partial charge in [-0.2, -0.15) is 11.3 Å². The van der Waals surface area contributed by atoms with Crippen molar-refractivity contribution in [3.8, 4) is 0 Å². The zero-order valence-electron chi connectivity index (χ0n) is 11.1. The van der Waals surface area contributed by atoms with Crippen LogP contribution in [0.15, 0.2) is 45.5 Å². The Balaban J connectivity index is 1.81. The number of para-hydroxylation sites is 1. The highest BCUT2D eigenvalue weighted by atomic mass is 32.1. The second kappa shape index (κ2) is 5.19. The summed E-state index contributed by atoms with van der Waals surface area (Å²) < 4.78 is 5.97. The first-order valence-electron chi connectivity index (χ1n) is 6.48. The van der Waals surface area contributed by atoms with Crippen molar-refractivity contribution >= 4 is 22.3 Å². The molecule has 0 amide bonds. The summed E-state index contributed by atoms with van der Waals surface area (Å²) >= 11 is 1.73. The maximum absolute atomic E-state index is 5.97. The van der Waals surface area contributed by atoms with Gasteiger partial charge in [0.25, 0.3) is 0 Å². The number of benzene rings is 1. The molecule has 1 atom stereocenters. The van der Waals surface area contributed by atoms with Crippen molar-refractivity contribution < 1.29 is 4.42 Å². The van der Waals surface area contributed by atoms with E-state index in [1.807, 2.05) is 12.1 Å². The molecule has 98 valence electrons. The summed E-state index contributed by atoms with van der Waals surface area (Å²) in [5, 5.41) is 9.00. The lowest BCUT2D eigenvalue weighted by Crippen LogP contribution is -2.17. The number of nitrogens with one attached hydrogen (secondary N) is 1. The summed E-state index contributed by atoms with van der Waals surface area (Å²) in [4.78, 5) is 0. The summed E-state index contributed by atoms with van der Waals surface area (Å²) in [7, 11) is 0. The minimum absolute atomic E-state index is 0.215. The Bertz CT molecular complexity index is 669. The molecule has 1 N–H and O–H groups in total. The zero-order chi connectivity index (χ0) is 13.2. The van der Waals surface area contributed by atoms with Crippen molar-refractivity contribution in [3.05, 3.63) is 58.0 Å². The van der Waals surface area contributed by atoms with E-state index in [0.717, 1.165) is 17.9 Å². The van der Waals surface area contributed by atoms with E-state index in [1.54, 1.807) is 11.3 Å². The molecule has 0 bridgehead atoms. The van der Waals surface area contributed by atoms with Gasteiger partial charge >= 0.3 is 0 Å². The number of furan rings is 1. The van der Waals surface area contributed by atoms with Gasteiger partial charge in [0.05, 0.1) is 6.04 Å². The van der Waals surface area contributed by atoms with E-state index in [1.165, 1.54) is 16.5 Å². The van der Waals surface area contributed by atoms with Crippen LogP contribution in [0, 0.1) is 6.92 Å². The summed E-state index contributed by atoms with van der Waals surface area (Å²) in [6.07, 6.45) is 0. The Hall–Kier alpha value is -1.58. The average Bonchev–Trinajstić information content (AvgIpc) is 3.05. The summed E-state index contributed by atoms with van der Waals surface area (Å²) in [5.74, 6) is 1.04. The van der Waals surface area contributed by atoms with Gasteiger partial charge in [-0.15, -0.1) is 0 Å². The molecule has 1 aromatic carbocycles. The Labute approximate surface area is 117 Å². The van der Waals surface area contributed by atoms with Crippen molar-refractivity contribution in [2.75, 3.05) is 0 Å². The molecule has 0 spiro atoms. The third-order valence-electron chi connectivity index (χ3n) is 3.47. The lowest BCUT2D eigenvalue weighted by molar-refractivity contribution is 0.448. The molecule has 0 saturated carbocycles. The molecular weight excluding hydrogens is 254 g/mol. The normalized spacial score (nSPS) is 12.9. The van der Waals surface area contributed by atoms with Crippen LogP contribution in [-0.2, 0) is 6.54 Å². The van der Waals surface area contributed by atoms with E-state index in [9.17, 15) is 0 Å². The van der Waals surface area contributed by atoms with E-state index in [4.69, 9.17) is 4.42 Å². The SMILES string of the molecule is Cc1c(C(C)NCc2ccsc2)oc2ccccc12. The van der Waals surface area contributed by atoms with E-state index in [2.05, 4.69) is 48.1 Å². The van der Waals surface area contributed by atoms with Gasteiger partial charge < -0.3 is 9.73 Å². The second-order valence-corrected chi connectivity index (χ2v) is 5.60. The van der Waals surface area contributed by atoms with Crippen LogP contribution in [0.4, 0.5) is 0 Å². The van der Waals surface area contributed by atoms with Crippen molar-refractivity contribution in [3.63, 3.8) is 0 Å². The largest absolute Gasteiger partial charge is 0.459 e. The number of hydrogen-bond donors (Lipinski definition) is 1. The molecule has 3 rings (SSSR count). The average molecular weight is 271 g/mol. The number of fused-ring (bicyclic) bond motifs is 1. The highest BCUT2D eigenvalue weighted by molar-refractivity contribution is 7.07. The summed E-state index contributed by atoms with van der Waals surface area (Å²) in [5.41, 5.74) is 3.53. The fourth-order valence-corrected chi connectivity index (χ4v) is 3.03. The minimum Gasteiger partial charge on any atom is -0.459 e. The van der Waals surface area contributed by atoms with Gasteiger partial charge in [0.1, 0.15) is 11.3 Å². The van der Waals surface area contributed by atoms with Crippen LogP contribution in [0.2, 0.25) is 0 Å². The van der Waals surface area contributed by atoms with Crippen LogP contribution < -0.4 is 5.32 Å². The number of thiophene rings is 1. The highest BCUT2D eigenvalue weighted by Gasteiger charge is 2.15. The molecule has 19 heavy (non-hydrogen) atoms. The van der Waals surface area contributed by atoms with E-state index < -0.39 is 0 Å². The molecule has 0 radical (unpaired) electrons. The van der Waals surface area contributed by atoms with E-state index in [0.29, 0.717) is 0 Å². The monoisotopic (exact) mass is 271 g/mol. The van der Waals surface area contributed by atoms with Crippen LogP contribution in [0.3, 0.4) is 0 Å². The van der Waals surface area contributed by atoms with Crippen LogP contribution in [0.1, 0.15) is 29.9 Å². The molecule has 0 aliphatic rings. The Morgan fingerprint density at radius 3 is 2.84 bits per heavy atom. The molecule has 2 aromatic heterocycles. The molecule has 0 saturated heterocycles. The molecule has 0 aliphatic carbocycles. The van der Waals surface area contributed by atoms with Gasteiger partial charge in [-0.1, -0.05) is 18.2 Å². The van der Waals surface area contributed by atoms with Crippen molar-refractivity contribution in [1.82, 2.24) is 5.32 Å². The van der Waals surface area contributed by atoms with Crippen LogP contribution >= 0.6 is 11.3 Å². The minimum atomic E-state index is 0.215. The molecule has 3 aromatic rings. The van der Waals surface area contributed by atoms with Gasteiger partial charge in [-0.3, -0.25) is 0 Å². The van der Waals surface area contributed by atoms with Crippen LogP contribution in [0.25, 0.3) is 11.0 Å². The van der Waals surface area contributed by atoms with Gasteiger partial charge in [0.15, 0.2) is 0 Å². The van der Waals surface area contributed by atoms with Gasteiger partial charge in [0.2, 0.25) is 0 Å². The number of rotatable bonds is 4. The first-order chi connectivity index (χ1) is 9.25. The maximum Gasteiger partial charge on any atom is 0.134 e. The Morgan fingerprint density at radius 1 is 1.26 bits per heavy atom. The summed E-state index contributed by atoms with van der Waals surface area (Å²) in [6.45, 7) is 5.15. The van der Waals surface area contributed by atoms with Crippen molar-refractivity contribution in [2.45, 2.75) is 26.4 Å². The predicted octanol–water partition coefficient (Wildman–Crippen LogP) is 4.65. The molecule has 0 fully saturated rings. The van der Waals surface area contributed by atoms with E-state index >= 15 is 0 Å². The molecular formula is C16H17NOS. The molecule has 2 nitrogen and oxygen atoms in total. The third-order valence-corrected chi connectivity index (χ3v) is 4.20. The van der Waals surface area contributed by atoms with Crippen molar-refractivity contribution in [2.24, 2.45) is 0 Å². The Morgan fingerprint density at radius 2 is 2.11 bits per heavy atom.